The Hall–Kier alpha value is -2.56. The summed E-state index contributed by atoms with van der Waals surface area (Å²) < 4.78 is 5.62. The molecule has 1 aromatic heterocycles. The normalized spacial score (nSPS) is 10.2. The molecule has 0 aliphatic rings. The van der Waals surface area contributed by atoms with Gasteiger partial charge in [-0.05, 0) is 42.5 Å². The molecular formula is C18H12Cl2N2O2. The highest BCUT2D eigenvalue weighted by molar-refractivity contribution is 6.35. The number of hydrogen-bond donors (Lipinski definition) is 1. The third-order valence-electron chi connectivity index (χ3n) is 3.08. The van der Waals surface area contributed by atoms with E-state index in [0.29, 0.717) is 32.9 Å². The first-order valence-corrected chi connectivity index (χ1v) is 7.82. The minimum atomic E-state index is -0.292. The molecule has 3 rings (SSSR count). The van der Waals surface area contributed by atoms with Gasteiger partial charge < -0.3 is 10.1 Å². The number of carbonyl (C=O) groups excluding carboxylic acids is 1. The van der Waals surface area contributed by atoms with Crippen LogP contribution in [-0.4, -0.2) is 10.9 Å². The van der Waals surface area contributed by atoms with Crippen LogP contribution in [0.2, 0.25) is 10.0 Å². The Balaban J connectivity index is 1.76. The van der Waals surface area contributed by atoms with Crippen molar-refractivity contribution in [3.05, 3.63) is 82.5 Å². The van der Waals surface area contributed by atoms with Crippen LogP contribution in [-0.2, 0) is 0 Å². The van der Waals surface area contributed by atoms with Crippen molar-refractivity contribution in [1.29, 1.82) is 0 Å². The maximum atomic E-state index is 12.4. The zero-order chi connectivity index (χ0) is 16.9. The number of hydrogen-bond acceptors (Lipinski definition) is 3. The van der Waals surface area contributed by atoms with E-state index in [0.717, 1.165) is 0 Å². The molecule has 1 amide bonds. The average molecular weight is 359 g/mol. The van der Waals surface area contributed by atoms with Crippen LogP contribution in [0.3, 0.4) is 0 Å². The number of pyridine rings is 1. The summed E-state index contributed by atoms with van der Waals surface area (Å²) in [5.74, 6) is 0.682. The molecule has 0 unspecified atom stereocenters. The van der Waals surface area contributed by atoms with Crippen molar-refractivity contribution >= 4 is 34.8 Å². The van der Waals surface area contributed by atoms with Gasteiger partial charge in [0.2, 0.25) is 5.88 Å². The maximum Gasteiger partial charge on any atom is 0.255 e. The number of nitrogens with one attached hydrogen (secondary N) is 1. The lowest BCUT2D eigenvalue weighted by molar-refractivity contribution is 0.102. The lowest BCUT2D eigenvalue weighted by Crippen LogP contribution is -2.11. The van der Waals surface area contributed by atoms with Crippen molar-refractivity contribution in [3.8, 4) is 11.6 Å². The second-order valence-electron chi connectivity index (χ2n) is 4.91. The fourth-order valence-electron chi connectivity index (χ4n) is 2.06. The van der Waals surface area contributed by atoms with Crippen molar-refractivity contribution in [1.82, 2.24) is 4.98 Å². The smallest absolute Gasteiger partial charge is 0.255 e. The zero-order valence-electron chi connectivity index (χ0n) is 12.4. The number of ether oxygens (including phenoxy) is 1. The molecule has 1 N–H and O–H groups in total. The van der Waals surface area contributed by atoms with Gasteiger partial charge in [-0.25, -0.2) is 4.98 Å². The fraction of sp³-hybridized carbons (Fsp3) is 0. The summed E-state index contributed by atoms with van der Waals surface area (Å²) >= 11 is 11.9. The van der Waals surface area contributed by atoms with E-state index in [1.807, 2.05) is 6.07 Å². The lowest BCUT2D eigenvalue weighted by atomic mass is 10.2. The predicted octanol–water partition coefficient (Wildman–Crippen LogP) is 5.43. The molecule has 4 nitrogen and oxygen atoms in total. The molecule has 0 saturated heterocycles. The largest absolute Gasteiger partial charge is 0.439 e. The fourth-order valence-corrected chi connectivity index (χ4v) is 2.58. The van der Waals surface area contributed by atoms with Crippen LogP contribution in [0, 0.1) is 0 Å². The molecule has 0 radical (unpaired) electrons. The SMILES string of the molecule is O=C(Nc1cc(Cl)cc(Cl)c1)c1cccc(Oc2ccccn2)c1. The lowest BCUT2D eigenvalue weighted by Gasteiger charge is -2.08. The molecule has 0 saturated carbocycles. The number of aromatic nitrogens is 1. The first-order valence-electron chi connectivity index (χ1n) is 7.06. The van der Waals surface area contributed by atoms with E-state index in [2.05, 4.69) is 10.3 Å². The molecule has 0 aliphatic carbocycles. The number of benzene rings is 2. The first-order chi connectivity index (χ1) is 11.6. The number of amides is 1. The third kappa shape index (κ3) is 4.25. The highest BCUT2D eigenvalue weighted by Crippen LogP contribution is 2.24. The summed E-state index contributed by atoms with van der Waals surface area (Å²) in [6.45, 7) is 0. The minimum absolute atomic E-state index is 0.292. The van der Waals surface area contributed by atoms with Crippen LogP contribution in [0.15, 0.2) is 66.9 Å². The van der Waals surface area contributed by atoms with Gasteiger partial charge in [0, 0.05) is 33.6 Å². The molecule has 2 aromatic carbocycles. The molecular weight excluding hydrogens is 347 g/mol. The standard InChI is InChI=1S/C18H12Cl2N2O2/c19-13-9-14(20)11-15(10-13)22-18(23)12-4-3-5-16(8-12)24-17-6-1-2-7-21-17/h1-11H,(H,22,23). The molecule has 3 aromatic rings. The quantitative estimate of drug-likeness (QED) is 0.676. The molecule has 0 aliphatic heterocycles. The van der Waals surface area contributed by atoms with Crippen LogP contribution in [0.25, 0.3) is 0 Å². The average Bonchev–Trinajstić information content (AvgIpc) is 2.55. The molecule has 0 fully saturated rings. The number of carbonyl (C=O) groups is 1. The van der Waals surface area contributed by atoms with Crippen LogP contribution in [0.1, 0.15) is 10.4 Å². The van der Waals surface area contributed by atoms with E-state index in [1.165, 1.54) is 0 Å². The van der Waals surface area contributed by atoms with Gasteiger partial charge in [-0.1, -0.05) is 35.3 Å². The van der Waals surface area contributed by atoms with Crippen molar-refractivity contribution in [2.24, 2.45) is 0 Å². The molecule has 0 atom stereocenters. The minimum Gasteiger partial charge on any atom is -0.439 e. The second-order valence-corrected chi connectivity index (χ2v) is 5.78. The second kappa shape index (κ2) is 7.34. The molecule has 1 heterocycles. The van der Waals surface area contributed by atoms with E-state index >= 15 is 0 Å². The summed E-state index contributed by atoms with van der Waals surface area (Å²) in [5.41, 5.74) is 0.966. The first kappa shape index (κ1) is 16.3. The van der Waals surface area contributed by atoms with E-state index in [4.69, 9.17) is 27.9 Å². The summed E-state index contributed by atoms with van der Waals surface area (Å²) in [6, 6.07) is 17.0. The Labute approximate surface area is 149 Å². The van der Waals surface area contributed by atoms with Gasteiger partial charge in [0.05, 0.1) is 0 Å². The number of anilines is 1. The van der Waals surface area contributed by atoms with Gasteiger partial charge in [0.15, 0.2) is 0 Å². The Morgan fingerprint density at radius 3 is 2.46 bits per heavy atom. The van der Waals surface area contributed by atoms with Gasteiger partial charge in [-0.2, -0.15) is 0 Å². The van der Waals surface area contributed by atoms with Gasteiger partial charge in [0.1, 0.15) is 5.75 Å². The van der Waals surface area contributed by atoms with Crippen molar-refractivity contribution in [3.63, 3.8) is 0 Å². The Kier molecular flexibility index (Phi) is 4.99. The van der Waals surface area contributed by atoms with Crippen molar-refractivity contribution < 1.29 is 9.53 Å². The molecule has 120 valence electrons. The van der Waals surface area contributed by atoms with Gasteiger partial charge >= 0.3 is 0 Å². The topological polar surface area (TPSA) is 51.2 Å². The van der Waals surface area contributed by atoms with Gasteiger partial charge in [0.25, 0.3) is 5.91 Å². The Bertz CT molecular complexity index is 850. The molecule has 6 heteroatoms. The Morgan fingerprint density at radius 2 is 1.75 bits per heavy atom. The molecule has 24 heavy (non-hydrogen) atoms. The summed E-state index contributed by atoms with van der Waals surface area (Å²) in [6.07, 6.45) is 1.63. The van der Waals surface area contributed by atoms with E-state index in [9.17, 15) is 4.79 Å². The van der Waals surface area contributed by atoms with E-state index in [1.54, 1.807) is 60.8 Å². The van der Waals surface area contributed by atoms with Crippen LogP contribution < -0.4 is 10.1 Å². The van der Waals surface area contributed by atoms with E-state index in [-0.39, 0.29) is 5.91 Å². The predicted molar refractivity (Wildman–Crippen MR) is 95.2 cm³/mol. The van der Waals surface area contributed by atoms with Crippen LogP contribution in [0.4, 0.5) is 5.69 Å². The highest BCUT2D eigenvalue weighted by Gasteiger charge is 2.09. The number of nitrogens with zero attached hydrogens (tertiary/aromatic N) is 1. The third-order valence-corrected chi connectivity index (χ3v) is 3.51. The monoisotopic (exact) mass is 358 g/mol. The summed E-state index contributed by atoms with van der Waals surface area (Å²) in [4.78, 5) is 16.5. The zero-order valence-corrected chi connectivity index (χ0v) is 13.9. The number of halogens is 2. The highest BCUT2D eigenvalue weighted by atomic mass is 35.5. The van der Waals surface area contributed by atoms with Gasteiger partial charge in [-0.15, -0.1) is 0 Å². The van der Waals surface area contributed by atoms with Crippen molar-refractivity contribution in [2.45, 2.75) is 0 Å². The van der Waals surface area contributed by atoms with Gasteiger partial charge in [-0.3, -0.25) is 4.79 Å². The van der Waals surface area contributed by atoms with E-state index < -0.39 is 0 Å². The van der Waals surface area contributed by atoms with Crippen molar-refractivity contribution in [2.75, 3.05) is 5.32 Å². The van der Waals surface area contributed by atoms with Crippen LogP contribution in [0.5, 0.6) is 11.6 Å². The van der Waals surface area contributed by atoms with Crippen LogP contribution >= 0.6 is 23.2 Å². The Morgan fingerprint density at radius 1 is 0.958 bits per heavy atom. The molecule has 0 bridgehead atoms. The number of rotatable bonds is 4. The summed E-state index contributed by atoms with van der Waals surface area (Å²) in [5, 5.41) is 3.65. The summed E-state index contributed by atoms with van der Waals surface area (Å²) in [7, 11) is 0. The maximum absolute atomic E-state index is 12.4. The molecule has 0 spiro atoms.